The van der Waals surface area contributed by atoms with Crippen LogP contribution in [0.2, 0.25) is 5.02 Å². The monoisotopic (exact) mass is 439 g/mol. The Kier molecular flexibility index (Phi) is 7.19. The first-order valence-electron chi connectivity index (χ1n) is 9.10. The topological polar surface area (TPSA) is 72.9 Å². The number of sulfonamides is 1. The molecule has 1 unspecified atom stereocenters. The average molecular weight is 440 g/mol. The van der Waals surface area contributed by atoms with Crippen molar-refractivity contribution in [1.29, 1.82) is 0 Å². The van der Waals surface area contributed by atoms with Gasteiger partial charge in [-0.3, -0.25) is 9.10 Å². The van der Waals surface area contributed by atoms with Gasteiger partial charge >= 0.3 is 5.97 Å². The molecule has 6 nitrogen and oxygen atoms in total. The van der Waals surface area contributed by atoms with Crippen LogP contribution in [0.15, 0.2) is 53.4 Å². The first-order chi connectivity index (χ1) is 13.5. The van der Waals surface area contributed by atoms with Crippen LogP contribution < -0.4 is 9.04 Å². The van der Waals surface area contributed by atoms with Gasteiger partial charge in [-0.1, -0.05) is 29.8 Å². The molecule has 0 fully saturated rings. The van der Waals surface area contributed by atoms with E-state index in [2.05, 4.69) is 0 Å². The number of rotatable bonds is 7. The van der Waals surface area contributed by atoms with Gasteiger partial charge in [-0.2, -0.15) is 0 Å². The first-order valence-corrected chi connectivity index (χ1v) is 10.9. The van der Waals surface area contributed by atoms with Crippen LogP contribution in [0.1, 0.15) is 34.1 Å². The minimum absolute atomic E-state index is 0.116. The van der Waals surface area contributed by atoms with E-state index in [0.29, 0.717) is 16.5 Å². The molecule has 0 saturated heterocycles. The highest BCUT2D eigenvalue weighted by Gasteiger charge is 2.32. The number of ether oxygens (including phenoxy) is 2. The predicted octanol–water partition coefficient (Wildman–Crippen LogP) is 4.66. The minimum Gasteiger partial charge on any atom is -0.495 e. The average Bonchev–Trinajstić information content (AvgIpc) is 2.62. The number of esters is 1. The summed E-state index contributed by atoms with van der Waals surface area (Å²) in [5.74, 6) is -0.152. The molecule has 0 spiro atoms. The normalized spacial score (nSPS) is 12.9. The zero-order chi connectivity index (χ0) is 21.8. The lowest BCUT2D eigenvalue weighted by molar-refractivity contribution is -0.155. The Morgan fingerprint density at radius 1 is 1.14 bits per heavy atom. The van der Waals surface area contributed by atoms with E-state index in [4.69, 9.17) is 21.1 Å². The summed E-state index contributed by atoms with van der Waals surface area (Å²) in [5.41, 5.74) is -0.324. The van der Waals surface area contributed by atoms with Gasteiger partial charge in [-0.25, -0.2) is 8.42 Å². The predicted molar refractivity (Wildman–Crippen MR) is 114 cm³/mol. The molecular weight excluding hydrogens is 414 g/mol. The second-order valence-electron chi connectivity index (χ2n) is 7.57. The van der Waals surface area contributed by atoms with Gasteiger partial charge in [-0.05, 0) is 52.0 Å². The summed E-state index contributed by atoms with van der Waals surface area (Å²) in [6, 6.07) is 12.0. The van der Waals surface area contributed by atoms with Crippen LogP contribution in [0, 0.1) is 0 Å². The van der Waals surface area contributed by atoms with E-state index in [1.165, 1.54) is 29.6 Å². The highest BCUT2D eigenvalue weighted by Crippen LogP contribution is 2.34. The van der Waals surface area contributed by atoms with Crippen LogP contribution in [0.4, 0.5) is 5.69 Å². The standard InChI is InChI=1S/C21H26ClNO5S/c1-15(13-20(24)28-21(2,3)4)23(16-11-12-18(22)19(14-16)27-5)29(25,26)17-9-7-6-8-10-17/h6-12,14-15H,13H2,1-5H3. The third-order valence-corrected chi connectivity index (χ3v) is 6.24. The maximum atomic E-state index is 13.4. The Morgan fingerprint density at radius 3 is 2.31 bits per heavy atom. The summed E-state index contributed by atoms with van der Waals surface area (Å²) < 4.78 is 38.7. The Labute approximate surface area is 177 Å². The molecule has 0 aliphatic rings. The molecule has 2 aromatic rings. The Balaban J connectivity index is 2.50. The lowest BCUT2D eigenvalue weighted by Crippen LogP contribution is -2.41. The molecule has 0 heterocycles. The van der Waals surface area contributed by atoms with Gasteiger partial charge in [0.15, 0.2) is 0 Å². The Morgan fingerprint density at radius 2 is 1.76 bits per heavy atom. The summed E-state index contributed by atoms with van der Waals surface area (Å²) in [7, 11) is -2.50. The van der Waals surface area contributed by atoms with Crippen LogP contribution >= 0.6 is 11.6 Å². The summed E-state index contributed by atoms with van der Waals surface area (Å²) in [6.45, 7) is 6.94. The van der Waals surface area contributed by atoms with Gasteiger partial charge in [0.2, 0.25) is 0 Å². The van der Waals surface area contributed by atoms with Crippen molar-refractivity contribution < 1.29 is 22.7 Å². The van der Waals surface area contributed by atoms with Gasteiger partial charge in [0.05, 0.1) is 35.2 Å². The Bertz CT molecular complexity index is 955. The lowest BCUT2D eigenvalue weighted by atomic mass is 10.1. The van der Waals surface area contributed by atoms with Crippen molar-refractivity contribution in [2.75, 3.05) is 11.4 Å². The van der Waals surface area contributed by atoms with Crippen LogP contribution in [0.5, 0.6) is 5.75 Å². The second kappa shape index (κ2) is 9.05. The number of carbonyl (C=O) groups is 1. The number of hydrogen-bond donors (Lipinski definition) is 0. The summed E-state index contributed by atoms with van der Waals surface area (Å²) in [6.07, 6.45) is -0.117. The maximum Gasteiger partial charge on any atom is 0.308 e. The van der Waals surface area contributed by atoms with Gasteiger partial charge in [0.25, 0.3) is 10.0 Å². The zero-order valence-electron chi connectivity index (χ0n) is 17.2. The van der Waals surface area contributed by atoms with Crippen molar-refractivity contribution in [2.24, 2.45) is 0 Å². The molecule has 2 aromatic carbocycles. The largest absolute Gasteiger partial charge is 0.495 e. The quantitative estimate of drug-likeness (QED) is 0.586. The van der Waals surface area contributed by atoms with Crippen molar-refractivity contribution in [3.05, 3.63) is 53.6 Å². The van der Waals surface area contributed by atoms with Crippen molar-refractivity contribution >= 4 is 33.3 Å². The van der Waals surface area contributed by atoms with Crippen molar-refractivity contribution in [1.82, 2.24) is 0 Å². The highest BCUT2D eigenvalue weighted by molar-refractivity contribution is 7.92. The van der Waals surface area contributed by atoms with Gasteiger partial charge in [0, 0.05) is 6.07 Å². The van der Waals surface area contributed by atoms with Gasteiger partial charge < -0.3 is 9.47 Å². The Hall–Kier alpha value is -2.25. The zero-order valence-corrected chi connectivity index (χ0v) is 18.8. The maximum absolute atomic E-state index is 13.4. The fraction of sp³-hybridized carbons (Fsp3) is 0.381. The van der Waals surface area contributed by atoms with Gasteiger partial charge in [0.1, 0.15) is 11.4 Å². The van der Waals surface area contributed by atoms with E-state index in [1.54, 1.807) is 58.0 Å². The van der Waals surface area contributed by atoms with Crippen LogP contribution in [0.3, 0.4) is 0 Å². The molecule has 2 rings (SSSR count). The number of benzene rings is 2. The van der Waals surface area contributed by atoms with E-state index in [-0.39, 0.29) is 11.3 Å². The molecule has 0 bridgehead atoms. The molecule has 0 saturated carbocycles. The number of carbonyl (C=O) groups excluding carboxylic acids is 1. The fourth-order valence-electron chi connectivity index (χ4n) is 2.83. The van der Waals surface area contributed by atoms with E-state index in [1.807, 2.05) is 0 Å². The van der Waals surface area contributed by atoms with E-state index < -0.39 is 27.6 Å². The number of halogens is 1. The number of nitrogens with zero attached hydrogens (tertiary/aromatic N) is 1. The summed E-state index contributed by atoms with van der Waals surface area (Å²) in [4.78, 5) is 12.5. The molecule has 0 aromatic heterocycles. The third kappa shape index (κ3) is 5.87. The molecule has 8 heteroatoms. The molecule has 0 aliphatic heterocycles. The van der Waals surface area contributed by atoms with E-state index in [9.17, 15) is 13.2 Å². The third-order valence-electron chi connectivity index (χ3n) is 3.97. The van der Waals surface area contributed by atoms with Gasteiger partial charge in [-0.15, -0.1) is 0 Å². The molecule has 0 N–H and O–H groups in total. The first kappa shape index (κ1) is 23.0. The number of methoxy groups -OCH3 is 1. The second-order valence-corrected chi connectivity index (χ2v) is 9.79. The molecule has 0 amide bonds. The fourth-order valence-corrected chi connectivity index (χ4v) is 4.69. The molecular formula is C21H26ClNO5S. The SMILES string of the molecule is COc1cc(N(C(C)CC(=O)OC(C)(C)C)S(=O)(=O)c2ccccc2)ccc1Cl. The minimum atomic E-state index is -3.95. The smallest absolute Gasteiger partial charge is 0.308 e. The van der Waals surface area contributed by atoms with E-state index in [0.717, 1.165) is 0 Å². The van der Waals surface area contributed by atoms with Crippen molar-refractivity contribution in [3.63, 3.8) is 0 Å². The van der Waals surface area contributed by atoms with Crippen LogP contribution in [0.25, 0.3) is 0 Å². The lowest BCUT2D eigenvalue weighted by Gasteiger charge is -2.31. The highest BCUT2D eigenvalue weighted by atomic mass is 35.5. The molecule has 0 aliphatic carbocycles. The van der Waals surface area contributed by atoms with Crippen molar-refractivity contribution in [3.8, 4) is 5.75 Å². The van der Waals surface area contributed by atoms with E-state index >= 15 is 0 Å². The molecule has 158 valence electrons. The van der Waals surface area contributed by atoms with Crippen LogP contribution in [-0.2, 0) is 19.6 Å². The molecule has 0 radical (unpaired) electrons. The molecule has 1 atom stereocenters. The van der Waals surface area contributed by atoms with Crippen LogP contribution in [-0.4, -0.2) is 33.1 Å². The molecule has 29 heavy (non-hydrogen) atoms. The van der Waals surface area contributed by atoms with Crippen molar-refractivity contribution in [2.45, 2.75) is 50.7 Å². The summed E-state index contributed by atoms with van der Waals surface area (Å²) >= 11 is 6.10. The summed E-state index contributed by atoms with van der Waals surface area (Å²) in [5, 5.41) is 0.355. The number of anilines is 1. The number of hydrogen-bond acceptors (Lipinski definition) is 5.